The number of carbonyl (C=O) groups is 1. The minimum Gasteiger partial charge on any atom is -0.497 e. The van der Waals surface area contributed by atoms with Crippen molar-refractivity contribution in [3.8, 4) is 5.75 Å². The Morgan fingerprint density at radius 2 is 2.07 bits per heavy atom. The molecule has 0 aliphatic carbocycles. The van der Waals surface area contributed by atoms with Crippen LogP contribution in [0.25, 0.3) is 0 Å². The molecule has 1 fully saturated rings. The Kier molecular flexibility index (Phi) is 6.39. The summed E-state index contributed by atoms with van der Waals surface area (Å²) in [5.74, 6) is 0.837. The van der Waals surface area contributed by atoms with Crippen LogP contribution in [-0.4, -0.2) is 34.9 Å². The van der Waals surface area contributed by atoms with E-state index in [9.17, 15) is 9.18 Å². The van der Waals surface area contributed by atoms with Crippen molar-refractivity contribution in [1.29, 1.82) is 0 Å². The van der Waals surface area contributed by atoms with Crippen LogP contribution in [0.1, 0.15) is 18.9 Å². The lowest BCUT2D eigenvalue weighted by Gasteiger charge is -2.23. The van der Waals surface area contributed by atoms with Crippen molar-refractivity contribution in [3.05, 3.63) is 58.9 Å². The Morgan fingerprint density at radius 1 is 1.33 bits per heavy atom. The highest BCUT2D eigenvalue weighted by Gasteiger charge is 2.34. The van der Waals surface area contributed by atoms with E-state index in [1.54, 1.807) is 18.1 Å². The van der Waals surface area contributed by atoms with Crippen molar-refractivity contribution in [3.63, 3.8) is 0 Å². The summed E-state index contributed by atoms with van der Waals surface area (Å²) in [5, 5.41) is 0.890. The monoisotopic (exact) mass is 406 g/mol. The molecule has 0 N–H and O–H groups in total. The average molecular weight is 407 g/mol. The van der Waals surface area contributed by atoms with Gasteiger partial charge in [0.2, 0.25) is 5.91 Å². The Bertz CT molecular complexity index is 837. The van der Waals surface area contributed by atoms with Crippen LogP contribution in [0.5, 0.6) is 5.75 Å². The maximum atomic E-state index is 14.1. The number of amides is 1. The number of hydrogen-bond acceptors (Lipinski definition) is 4. The standard InChI is InChI=1S/C20H20ClFN2O2S/c1-3-14-12-27-20(23-13-7-9-15(26-2)10-8-13)24(14)19(25)11-16-17(21)5-4-6-18(16)22/h4-10,14H,3,11-12H2,1-2H3/t14-/m0/s1. The molecule has 0 aromatic heterocycles. The summed E-state index contributed by atoms with van der Waals surface area (Å²) in [5.41, 5.74) is 0.955. The lowest BCUT2D eigenvalue weighted by atomic mass is 10.1. The number of aliphatic imine (C=N–C) groups is 1. The van der Waals surface area contributed by atoms with Crippen LogP contribution < -0.4 is 4.74 Å². The predicted molar refractivity (Wildman–Crippen MR) is 109 cm³/mol. The number of thioether (sulfide) groups is 1. The first-order chi connectivity index (χ1) is 13.0. The third kappa shape index (κ3) is 4.45. The van der Waals surface area contributed by atoms with E-state index in [2.05, 4.69) is 4.99 Å². The number of methoxy groups -OCH3 is 1. The number of hydrogen-bond donors (Lipinski definition) is 0. The zero-order chi connectivity index (χ0) is 19.4. The number of amidine groups is 1. The third-order valence-electron chi connectivity index (χ3n) is 4.40. The van der Waals surface area contributed by atoms with Crippen molar-refractivity contribution in [2.24, 2.45) is 4.99 Å². The second-order valence-corrected chi connectivity index (χ2v) is 7.50. The van der Waals surface area contributed by atoms with Crippen molar-refractivity contribution in [2.75, 3.05) is 12.9 Å². The number of carbonyl (C=O) groups excluding carboxylic acids is 1. The number of benzene rings is 2. The Hall–Kier alpha value is -2.05. The van der Waals surface area contributed by atoms with Gasteiger partial charge in [-0.25, -0.2) is 9.38 Å². The van der Waals surface area contributed by atoms with Gasteiger partial charge in [0.1, 0.15) is 11.6 Å². The zero-order valence-electron chi connectivity index (χ0n) is 15.1. The second-order valence-electron chi connectivity index (χ2n) is 6.11. The SMILES string of the molecule is CC[C@H]1CSC(=Nc2ccc(OC)cc2)N1C(=O)Cc1c(F)cccc1Cl. The smallest absolute Gasteiger partial charge is 0.233 e. The van der Waals surface area contributed by atoms with Crippen molar-refractivity contribution < 1.29 is 13.9 Å². The molecule has 2 aromatic carbocycles. The minimum atomic E-state index is -0.468. The van der Waals surface area contributed by atoms with E-state index in [0.29, 0.717) is 5.17 Å². The first kappa shape index (κ1) is 19.7. The lowest BCUT2D eigenvalue weighted by molar-refractivity contribution is -0.127. The van der Waals surface area contributed by atoms with Crippen LogP contribution in [0, 0.1) is 5.82 Å². The molecular formula is C20H20ClFN2O2S. The van der Waals surface area contributed by atoms with Gasteiger partial charge in [0.25, 0.3) is 0 Å². The molecule has 7 heteroatoms. The molecule has 1 saturated heterocycles. The first-order valence-corrected chi connectivity index (χ1v) is 10.00. The summed E-state index contributed by atoms with van der Waals surface area (Å²) >= 11 is 7.62. The van der Waals surface area contributed by atoms with Crippen molar-refractivity contribution in [1.82, 2.24) is 4.90 Å². The quantitative estimate of drug-likeness (QED) is 0.696. The average Bonchev–Trinajstić information content (AvgIpc) is 3.08. The molecule has 27 heavy (non-hydrogen) atoms. The fourth-order valence-corrected chi connectivity index (χ4v) is 4.39. The normalized spacial score (nSPS) is 18.1. The predicted octanol–water partition coefficient (Wildman–Crippen LogP) is 5.07. The van der Waals surface area contributed by atoms with E-state index in [1.807, 2.05) is 31.2 Å². The molecule has 0 bridgehead atoms. The van der Waals surface area contributed by atoms with Gasteiger partial charge in [0, 0.05) is 22.4 Å². The maximum absolute atomic E-state index is 14.1. The van der Waals surface area contributed by atoms with Crippen LogP contribution in [0.2, 0.25) is 5.02 Å². The molecule has 0 radical (unpaired) electrons. The Morgan fingerprint density at radius 3 is 2.70 bits per heavy atom. The molecule has 1 aliphatic rings. The zero-order valence-corrected chi connectivity index (χ0v) is 16.7. The highest BCUT2D eigenvalue weighted by atomic mass is 35.5. The van der Waals surface area contributed by atoms with E-state index in [0.717, 1.165) is 23.6 Å². The molecule has 0 saturated carbocycles. The molecule has 1 atom stereocenters. The number of ether oxygens (including phenoxy) is 1. The highest BCUT2D eigenvalue weighted by molar-refractivity contribution is 8.14. The largest absolute Gasteiger partial charge is 0.497 e. The molecule has 2 aromatic rings. The summed E-state index contributed by atoms with van der Waals surface area (Å²) in [4.78, 5) is 19.3. The van der Waals surface area contributed by atoms with E-state index in [-0.39, 0.29) is 29.0 Å². The summed E-state index contributed by atoms with van der Waals surface area (Å²) < 4.78 is 19.2. The fraction of sp³-hybridized carbons (Fsp3) is 0.300. The van der Waals surface area contributed by atoms with Crippen LogP contribution in [0.3, 0.4) is 0 Å². The van der Waals surface area contributed by atoms with Gasteiger partial charge in [-0.3, -0.25) is 9.69 Å². The molecule has 1 amide bonds. The van der Waals surface area contributed by atoms with Gasteiger partial charge in [-0.15, -0.1) is 0 Å². The van der Waals surface area contributed by atoms with Crippen molar-refractivity contribution in [2.45, 2.75) is 25.8 Å². The van der Waals surface area contributed by atoms with Crippen LogP contribution >= 0.6 is 23.4 Å². The molecule has 3 rings (SSSR count). The minimum absolute atomic E-state index is 0.0325. The molecule has 4 nitrogen and oxygen atoms in total. The molecular weight excluding hydrogens is 387 g/mol. The van der Waals surface area contributed by atoms with Gasteiger partial charge in [-0.1, -0.05) is 36.4 Å². The van der Waals surface area contributed by atoms with E-state index < -0.39 is 5.82 Å². The number of halogens is 2. The topological polar surface area (TPSA) is 41.9 Å². The van der Waals surface area contributed by atoms with Gasteiger partial charge in [0.05, 0.1) is 19.2 Å². The second kappa shape index (κ2) is 8.76. The third-order valence-corrected chi connectivity index (χ3v) is 5.85. The molecule has 1 heterocycles. The van der Waals surface area contributed by atoms with E-state index in [1.165, 1.54) is 23.9 Å². The van der Waals surface area contributed by atoms with Crippen molar-refractivity contribution >= 4 is 40.1 Å². The van der Waals surface area contributed by atoms with Gasteiger partial charge >= 0.3 is 0 Å². The molecule has 142 valence electrons. The van der Waals surface area contributed by atoms with Gasteiger partial charge in [-0.2, -0.15) is 0 Å². The summed E-state index contributed by atoms with van der Waals surface area (Å²) in [7, 11) is 1.60. The fourth-order valence-electron chi connectivity index (χ4n) is 2.87. The highest BCUT2D eigenvalue weighted by Crippen LogP contribution is 2.31. The molecule has 0 spiro atoms. The van der Waals surface area contributed by atoms with Crippen LogP contribution in [0.15, 0.2) is 47.5 Å². The summed E-state index contributed by atoms with van der Waals surface area (Å²) in [6, 6.07) is 11.8. The molecule has 0 unspecified atom stereocenters. The van der Waals surface area contributed by atoms with Crippen LogP contribution in [-0.2, 0) is 11.2 Å². The van der Waals surface area contributed by atoms with Gasteiger partial charge < -0.3 is 4.74 Å². The number of rotatable bonds is 5. The van der Waals surface area contributed by atoms with E-state index >= 15 is 0 Å². The maximum Gasteiger partial charge on any atom is 0.233 e. The Labute approximate surface area is 167 Å². The first-order valence-electron chi connectivity index (χ1n) is 8.64. The number of nitrogens with zero attached hydrogens (tertiary/aromatic N) is 2. The lowest BCUT2D eigenvalue weighted by Crippen LogP contribution is -2.40. The van der Waals surface area contributed by atoms with Crippen LogP contribution in [0.4, 0.5) is 10.1 Å². The molecule has 1 aliphatic heterocycles. The van der Waals surface area contributed by atoms with Gasteiger partial charge in [-0.05, 0) is 42.8 Å². The van der Waals surface area contributed by atoms with E-state index in [4.69, 9.17) is 16.3 Å². The summed E-state index contributed by atoms with van der Waals surface area (Å²) in [6.07, 6.45) is 0.704. The Balaban J connectivity index is 1.86. The summed E-state index contributed by atoms with van der Waals surface area (Å²) in [6.45, 7) is 2.03. The van der Waals surface area contributed by atoms with Gasteiger partial charge in [0.15, 0.2) is 5.17 Å².